The fourth-order valence-electron chi connectivity index (χ4n) is 3.30. The number of carbonyl (C=O) groups excluding carboxylic acids is 1. The molecule has 0 saturated carbocycles. The summed E-state index contributed by atoms with van der Waals surface area (Å²) in [6.07, 6.45) is 3.35. The number of benzene rings is 1. The van der Waals surface area contributed by atoms with Crippen LogP contribution in [-0.2, 0) is 14.8 Å². The minimum atomic E-state index is -3.55. The Labute approximate surface area is 131 Å². The molecule has 1 saturated heterocycles. The molecule has 1 aromatic carbocycles. The molecule has 1 fully saturated rings. The molecule has 0 radical (unpaired) electrons. The van der Waals surface area contributed by atoms with Crippen LogP contribution in [0.15, 0.2) is 24.3 Å². The first kappa shape index (κ1) is 15.3. The molecule has 7 heteroatoms. The van der Waals surface area contributed by atoms with E-state index in [0.717, 1.165) is 37.2 Å². The second-order valence-electron chi connectivity index (χ2n) is 5.80. The average molecular weight is 323 g/mol. The largest absolute Gasteiger partial charge is 0.365 e. The Bertz CT molecular complexity index is 674. The Balaban J connectivity index is 1.93. The van der Waals surface area contributed by atoms with Crippen LogP contribution in [0.4, 0.5) is 11.4 Å². The van der Waals surface area contributed by atoms with E-state index in [1.54, 1.807) is 4.90 Å². The van der Waals surface area contributed by atoms with Gasteiger partial charge < -0.3 is 9.80 Å². The predicted molar refractivity (Wildman–Crippen MR) is 86.6 cm³/mol. The molecule has 0 spiro atoms. The van der Waals surface area contributed by atoms with E-state index < -0.39 is 15.8 Å². The molecule has 0 unspecified atom stereocenters. The number of nitrogens with zero attached hydrogens (tertiary/aromatic N) is 2. The molecule has 2 aliphatic heterocycles. The minimum absolute atomic E-state index is 0.282. The van der Waals surface area contributed by atoms with Gasteiger partial charge in [-0.25, -0.2) is 13.1 Å². The number of hydrogen-bond acceptors (Lipinski definition) is 4. The summed E-state index contributed by atoms with van der Waals surface area (Å²) in [5.41, 5.74) is 1.85. The summed E-state index contributed by atoms with van der Waals surface area (Å²) in [5, 5.41) is 0. The van der Waals surface area contributed by atoms with Crippen molar-refractivity contribution < 1.29 is 13.2 Å². The number of amides is 1. The number of carbonyl (C=O) groups is 1. The Morgan fingerprint density at radius 1 is 1.27 bits per heavy atom. The molecule has 2 aliphatic rings. The monoisotopic (exact) mass is 323 g/mol. The van der Waals surface area contributed by atoms with Crippen LogP contribution >= 0.6 is 0 Å². The Morgan fingerprint density at radius 2 is 2.00 bits per heavy atom. The third-order valence-electron chi connectivity index (χ3n) is 4.43. The lowest BCUT2D eigenvalue weighted by Crippen LogP contribution is -2.54. The number of sulfonamides is 1. The summed E-state index contributed by atoms with van der Waals surface area (Å²) in [6, 6.07) is 8.03. The molecule has 2 heterocycles. The second-order valence-corrected chi connectivity index (χ2v) is 7.73. The van der Waals surface area contributed by atoms with Crippen molar-refractivity contribution in [2.75, 3.05) is 35.7 Å². The number of fused-ring (bicyclic) bond motifs is 3. The Kier molecular flexibility index (Phi) is 4.10. The first-order chi connectivity index (χ1) is 10.5. The van der Waals surface area contributed by atoms with Crippen LogP contribution in [0.25, 0.3) is 0 Å². The van der Waals surface area contributed by atoms with Gasteiger partial charge in [0.05, 0.1) is 11.4 Å². The van der Waals surface area contributed by atoms with Gasteiger partial charge >= 0.3 is 0 Å². The molecule has 22 heavy (non-hydrogen) atoms. The van der Waals surface area contributed by atoms with Crippen LogP contribution in [0.1, 0.15) is 19.3 Å². The fraction of sp³-hybridized carbons (Fsp3) is 0.533. The van der Waals surface area contributed by atoms with Gasteiger partial charge in [-0.1, -0.05) is 12.1 Å². The van der Waals surface area contributed by atoms with E-state index in [9.17, 15) is 13.2 Å². The predicted octanol–water partition coefficient (Wildman–Crippen LogP) is 0.941. The van der Waals surface area contributed by atoms with E-state index in [-0.39, 0.29) is 11.9 Å². The normalized spacial score (nSPS) is 21.2. The summed E-state index contributed by atoms with van der Waals surface area (Å²) >= 11 is 0. The maximum atomic E-state index is 12.5. The molecular formula is C15H21N3O3S. The lowest BCUT2D eigenvalue weighted by molar-refractivity contribution is -0.116. The van der Waals surface area contributed by atoms with Gasteiger partial charge in [0, 0.05) is 19.1 Å². The number of rotatable bonds is 3. The van der Waals surface area contributed by atoms with Gasteiger partial charge in [0.2, 0.25) is 15.9 Å². The summed E-state index contributed by atoms with van der Waals surface area (Å²) in [6.45, 7) is 1.56. The van der Waals surface area contributed by atoms with Crippen LogP contribution in [0.2, 0.25) is 0 Å². The highest BCUT2D eigenvalue weighted by Gasteiger charge is 2.35. The van der Waals surface area contributed by atoms with Crippen molar-refractivity contribution in [3.05, 3.63) is 24.3 Å². The number of nitrogens with one attached hydrogen (secondary N) is 1. The first-order valence-corrected chi connectivity index (χ1v) is 9.24. The average Bonchev–Trinajstić information content (AvgIpc) is 2.53. The van der Waals surface area contributed by atoms with Crippen molar-refractivity contribution >= 4 is 27.3 Å². The van der Waals surface area contributed by atoms with Crippen molar-refractivity contribution in [1.29, 1.82) is 0 Å². The minimum Gasteiger partial charge on any atom is -0.365 e. The summed E-state index contributed by atoms with van der Waals surface area (Å²) in [4.78, 5) is 16.5. The quantitative estimate of drug-likeness (QED) is 0.899. The smallest absolute Gasteiger partial charge is 0.243 e. The lowest BCUT2D eigenvalue weighted by Gasteiger charge is -2.46. The molecule has 3 rings (SSSR count). The van der Waals surface area contributed by atoms with Crippen LogP contribution in [0, 0.1) is 0 Å². The second kappa shape index (κ2) is 5.89. The van der Waals surface area contributed by atoms with Gasteiger partial charge in [-0.3, -0.25) is 4.79 Å². The van der Waals surface area contributed by atoms with Gasteiger partial charge in [0.1, 0.15) is 5.75 Å². The zero-order valence-electron chi connectivity index (χ0n) is 12.7. The highest BCUT2D eigenvalue weighted by molar-refractivity contribution is 7.90. The van der Waals surface area contributed by atoms with Gasteiger partial charge in [0.25, 0.3) is 0 Å². The van der Waals surface area contributed by atoms with E-state index in [0.29, 0.717) is 6.54 Å². The SMILES string of the molecule is CNS(=O)(=O)CC(=O)N1C[C@H]2CCCCN2c2ccccc21. The standard InChI is InChI=1S/C15H21N3O3S/c1-16-22(20,21)11-15(19)18-10-12-6-4-5-9-17(12)13-7-2-3-8-14(13)18/h2-3,7-8,12,16H,4-6,9-11H2,1H3/t12-/m1/s1. The summed E-state index contributed by atoms with van der Waals surface area (Å²) in [5.74, 6) is -0.878. The van der Waals surface area contributed by atoms with Crippen molar-refractivity contribution in [3.8, 4) is 0 Å². The van der Waals surface area contributed by atoms with Crippen molar-refractivity contribution in [3.63, 3.8) is 0 Å². The molecule has 1 atom stereocenters. The molecule has 0 bridgehead atoms. The third-order valence-corrected chi connectivity index (χ3v) is 5.68. The molecule has 120 valence electrons. The van der Waals surface area contributed by atoms with Crippen LogP contribution in [0.5, 0.6) is 0 Å². The Morgan fingerprint density at radius 3 is 2.73 bits per heavy atom. The van der Waals surface area contributed by atoms with Crippen LogP contribution < -0.4 is 14.5 Å². The number of piperidine rings is 1. The van der Waals surface area contributed by atoms with Gasteiger partial charge in [-0.05, 0) is 38.4 Å². The van der Waals surface area contributed by atoms with Gasteiger partial charge in [0.15, 0.2) is 0 Å². The van der Waals surface area contributed by atoms with E-state index in [1.165, 1.54) is 7.05 Å². The molecule has 1 aromatic rings. The lowest BCUT2D eigenvalue weighted by atomic mass is 9.97. The van der Waals surface area contributed by atoms with Crippen molar-refractivity contribution in [1.82, 2.24) is 4.72 Å². The third kappa shape index (κ3) is 2.83. The summed E-state index contributed by atoms with van der Waals surface area (Å²) in [7, 11) is -2.23. The highest BCUT2D eigenvalue weighted by Crippen LogP contribution is 2.38. The van der Waals surface area contributed by atoms with E-state index in [1.807, 2.05) is 24.3 Å². The van der Waals surface area contributed by atoms with Crippen LogP contribution in [-0.4, -0.2) is 46.3 Å². The number of anilines is 2. The maximum Gasteiger partial charge on any atom is 0.243 e. The molecule has 1 amide bonds. The van der Waals surface area contributed by atoms with Gasteiger partial charge in [-0.15, -0.1) is 0 Å². The maximum absolute atomic E-state index is 12.5. The zero-order chi connectivity index (χ0) is 15.7. The fourth-order valence-corrected chi connectivity index (χ4v) is 3.93. The van der Waals surface area contributed by atoms with E-state index in [2.05, 4.69) is 9.62 Å². The van der Waals surface area contributed by atoms with Gasteiger partial charge in [-0.2, -0.15) is 0 Å². The van der Waals surface area contributed by atoms with E-state index >= 15 is 0 Å². The first-order valence-electron chi connectivity index (χ1n) is 7.59. The highest BCUT2D eigenvalue weighted by atomic mass is 32.2. The molecular weight excluding hydrogens is 302 g/mol. The van der Waals surface area contributed by atoms with E-state index in [4.69, 9.17) is 0 Å². The number of para-hydroxylation sites is 2. The summed E-state index contributed by atoms with van der Waals surface area (Å²) < 4.78 is 25.6. The molecule has 6 nitrogen and oxygen atoms in total. The Hall–Kier alpha value is -1.60. The van der Waals surface area contributed by atoms with Crippen molar-refractivity contribution in [2.45, 2.75) is 25.3 Å². The van der Waals surface area contributed by atoms with Crippen LogP contribution in [0.3, 0.4) is 0 Å². The topological polar surface area (TPSA) is 69.7 Å². The zero-order valence-corrected chi connectivity index (χ0v) is 13.5. The van der Waals surface area contributed by atoms with Crippen molar-refractivity contribution in [2.24, 2.45) is 0 Å². The number of hydrogen-bond donors (Lipinski definition) is 1. The molecule has 0 aliphatic carbocycles. The molecule has 1 N–H and O–H groups in total. The molecule has 0 aromatic heterocycles.